The molecule has 2 heteroatoms. The highest BCUT2D eigenvalue weighted by Crippen LogP contribution is 2.25. The van der Waals surface area contributed by atoms with E-state index in [1.165, 1.54) is 54.9 Å². The Kier molecular flexibility index (Phi) is 5.12. The number of nitrogens with two attached hydrogens (primary N) is 1. The van der Waals surface area contributed by atoms with Crippen LogP contribution in [0.3, 0.4) is 0 Å². The van der Waals surface area contributed by atoms with Crippen LogP contribution >= 0.6 is 0 Å². The summed E-state index contributed by atoms with van der Waals surface area (Å²) in [6, 6.07) is 14.7. The topological polar surface area (TPSA) is 38.9 Å². The number of pyridine rings is 1. The fourth-order valence-electron chi connectivity index (χ4n) is 3.24. The third-order valence-corrected chi connectivity index (χ3v) is 4.57. The van der Waals surface area contributed by atoms with Gasteiger partial charge in [0, 0.05) is 16.5 Å². The maximum Gasteiger partial charge on any atom is 0.0730 e. The summed E-state index contributed by atoms with van der Waals surface area (Å²) in [5.74, 6) is 0. The zero-order valence-corrected chi connectivity index (χ0v) is 14.0. The second-order valence-electron chi connectivity index (χ2n) is 6.44. The largest absolute Gasteiger partial charge is 0.399 e. The molecule has 0 amide bonds. The summed E-state index contributed by atoms with van der Waals surface area (Å²) in [6.45, 7) is 2.26. The molecular formula is C21H26N2. The van der Waals surface area contributed by atoms with Crippen LogP contribution < -0.4 is 5.73 Å². The van der Waals surface area contributed by atoms with Crippen LogP contribution in [0.15, 0.2) is 42.5 Å². The Labute approximate surface area is 138 Å². The van der Waals surface area contributed by atoms with Crippen molar-refractivity contribution in [1.29, 1.82) is 0 Å². The lowest BCUT2D eigenvalue weighted by Crippen LogP contribution is -1.92. The molecule has 0 unspecified atom stereocenters. The van der Waals surface area contributed by atoms with E-state index >= 15 is 0 Å². The van der Waals surface area contributed by atoms with Gasteiger partial charge in [-0.05, 0) is 42.7 Å². The molecule has 0 aliphatic rings. The highest BCUT2D eigenvalue weighted by molar-refractivity contribution is 5.95. The fraction of sp³-hybridized carbons (Fsp3) is 0.381. The number of rotatable bonds is 7. The minimum absolute atomic E-state index is 0.771. The van der Waals surface area contributed by atoms with Gasteiger partial charge in [-0.1, -0.05) is 57.2 Å². The molecule has 0 fully saturated rings. The summed E-state index contributed by atoms with van der Waals surface area (Å²) in [7, 11) is 0. The second kappa shape index (κ2) is 7.45. The van der Waals surface area contributed by atoms with Crippen LogP contribution in [-0.4, -0.2) is 4.98 Å². The first-order valence-corrected chi connectivity index (χ1v) is 8.86. The van der Waals surface area contributed by atoms with E-state index in [4.69, 9.17) is 10.7 Å². The van der Waals surface area contributed by atoms with Crippen LogP contribution in [0.4, 0.5) is 5.69 Å². The summed E-state index contributed by atoms with van der Waals surface area (Å²) in [4.78, 5) is 4.79. The molecule has 0 radical (unpaired) electrons. The molecule has 2 N–H and O–H groups in total. The van der Waals surface area contributed by atoms with Gasteiger partial charge in [-0.2, -0.15) is 0 Å². The third-order valence-electron chi connectivity index (χ3n) is 4.57. The van der Waals surface area contributed by atoms with E-state index in [2.05, 4.69) is 37.3 Å². The number of benzene rings is 2. The summed E-state index contributed by atoms with van der Waals surface area (Å²) in [6.07, 6.45) is 9.15. The van der Waals surface area contributed by atoms with Crippen LogP contribution in [0.25, 0.3) is 21.8 Å². The van der Waals surface area contributed by atoms with Crippen molar-refractivity contribution in [3.05, 3.63) is 48.0 Å². The summed E-state index contributed by atoms with van der Waals surface area (Å²) in [5, 5.41) is 2.46. The lowest BCUT2D eigenvalue weighted by atomic mass is 10.00. The number of unbranched alkanes of at least 4 members (excludes halogenated alkanes) is 5. The zero-order chi connectivity index (χ0) is 16.1. The van der Waals surface area contributed by atoms with Crippen molar-refractivity contribution < 1.29 is 0 Å². The van der Waals surface area contributed by atoms with Gasteiger partial charge in [0.05, 0.1) is 11.0 Å². The lowest BCUT2D eigenvalue weighted by Gasteiger charge is -2.08. The van der Waals surface area contributed by atoms with E-state index in [9.17, 15) is 0 Å². The van der Waals surface area contributed by atoms with Crippen LogP contribution in [0.1, 0.15) is 51.0 Å². The van der Waals surface area contributed by atoms with E-state index in [-0.39, 0.29) is 0 Å². The molecule has 0 atom stereocenters. The van der Waals surface area contributed by atoms with Crippen molar-refractivity contribution in [2.75, 3.05) is 5.73 Å². The first-order chi connectivity index (χ1) is 11.3. The average molecular weight is 306 g/mol. The van der Waals surface area contributed by atoms with Crippen molar-refractivity contribution in [1.82, 2.24) is 4.98 Å². The molecule has 0 bridgehead atoms. The Balaban J connectivity index is 1.79. The lowest BCUT2D eigenvalue weighted by molar-refractivity contribution is 0.608. The summed E-state index contributed by atoms with van der Waals surface area (Å²) >= 11 is 0. The molecular weight excluding hydrogens is 280 g/mol. The van der Waals surface area contributed by atoms with Crippen molar-refractivity contribution in [2.24, 2.45) is 0 Å². The molecule has 0 aliphatic carbocycles. The monoisotopic (exact) mass is 306 g/mol. The molecule has 3 rings (SSSR count). The SMILES string of the molecule is CCCCCCCCc1cccc2nc3cc(N)ccc3cc12. The van der Waals surface area contributed by atoms with Crippen molar-refractivity contribution in [3.63, 3.8) is 0 Å². The van der Waals surface area contributed by atoms with Crippen LogP contribution in [0, 0.1) is 0 Å². The quantitative estimate of drug-likeness (QED) is 0.336. The van der Waals surface area contributed by atoms with E-state index in [1.807, 2.05) is 12.1 Å². The van der Waals surface area contributed by atoms with E-state index in [1.54, 1.807) is 0 Å². The number of aromatic nitrogens is 1. The smallest absolute Gasteiger partial charge is 0.0730 e. The van der Waals surface area contributed by atoms with Gasteiger partial charge in [-0.25, -0.2) is 4.98 Å². The van der Waals surface area contributed by atoms with Gasteiger partial charge in [0.15, 0.2) is 0 Å². The van der Waals surface area contributed by atoms with Crippen molar-refractivity contribution in [2.45, 2.75) is 51.9 Å². The molecule has 23 heavy (non-hydrogen) atoms. The Morgan fingerprint density at radius 2 is 1.70 bits per heavy atom. The number of aryl methyl sites for hydroxylation is 1. The second-order valence-corrected chi connectivity index (χ2v) is 6.44. The standard InChI is InChI=1S/C21H26N2/c1-2-3-4-5-6-7-9-16-10-8-11-20-19(16)14-17-12-13-18(22)15-21(17)23-20/h8,10-15H,2-7,9,22H2,1H3. The van der Waals surface area contributed by atoms with Gasteiger partial charge in [-0.3, -0.25) is 0 Å². The number of anilines is 1. The van der Waals surface area contributed by atoms with Crippen molar-refractivity contribution in [3.8, 4) is 0 Å². The van der Waals surface area contributed by atoms with E-state index in [0.29, 0.717) is 0 Å². The van der Waals surface area contributed by atoms with Gasteiger partial charge in [0.2, 0.25) is 0 Å². The normalized spacial score (nSPS) is 11.3. The average Bonchev–Trinajstić information content (AvgIpc) is 2.56. The predicted molar refractivity (Wildman–Crippen MR) is 101 cm³/mol. The molecule has 0 saturated carbocycles. The zero-order valence-electron chi connectivity index (χ0n) is 14.0. The minimum Gasteiger partial charge on any atom is -0.399 e. The Morgan fingerprint density at radius 3 is 2.57 bits per heavy atom. The maximum absolute atomic E-state index is 5.87. The van der Waals surface area contributed by atoms with Crippen molar-refractivity contribution >= 4 is 27.5 Å². The van der Waals surface area contributed by atoms with E-state index < -0.39 is 0 Å². The molecule has 120 valence electrons. The Hall–Kier alpha value is -2.09. The highest BCUT2D eigenvalue weighted by atomic mass is 14.7. The van der Waals surface area contributed by atoms with Gasteiger partial charge < -0.3 is 5.73 Å². The first kappa shape index (κ1) is 15.8. The Bertz CT molecular complexity index is 792. The van der Waals surface area contributed by atoms with Crippen LogP contribution in [0.5, 0.6) is 0 Å². The highest BCUT2D eigenvalue weighted by Gasteiger charge is 2.05. The number of hydrogen-bond donors (Lipinski definition) is 1. The van der Waals surface area contributed by atoms with Gasteiger partial charge in [-0.15, -0.1) is 0 Å². The van der Waals surface area contributed by atoms with Crippen LogP contribution in [0.2, 0.25) is 0 Å². The summed E-state index contributed by atoms with van der Waals surface area (Å²) < 4.78 is 0. The molecule has 1 heterocycles. The number of hydrogen-bond acceptors (Lipinski definition) is 2. The Morgan fingerprint density at radius 1 is 0.870 bits per heavy atom. The molecule has 2 nitrogen and oxygen atoms in total. The molecule has 0 aliphatic heterocycles. The molecule has 0 saturated heterocycles. The van der Waals surface area contributed by atoms with Crippen LogP contribution in [-0.2, 0) is 6.42 Å². The number of fused-ring (bicyclic) bond motifs is 2. The minimum atomic E-state index is 0.771. The predicted octanol–water partition coefficient (Wildman–Crippen LogP) is 5.87. The number of nitrogens with zero attached hydrogens (tertiary/aromatic N) is 1. The number of nitrogen functional groups attached to an aromatic ring is 1. The fourth-order valence-corrected chi connectivity index (χ4v) is 3.24. The van der Waals surface area contributed by atoms with Gasteiger partial charge in [0.25, 0.3) is 0 Å². The first-order valence-electron chi connectivity index (χ1n) is 8.86. The van der Waals surface area contributed by atoms with Gasteiger partial charge >= 0.3 is 0 Å². The van der Waals surface area contributed by atoms with Gasteiger partial charge in [0.1, 0.15) is 0 Å². The molecule has 1 aromatic heterocycles. The molecule has 0 spiro atoms. The summed E-state index contributed by atoms with van der Waals surface area (Å²) in [5.41, 5.74) is 10.1. The maximum atomic E-state index is 5.87. The molecule has 2 aromatic carbocycles. The molecule has 3 aromatic rings. The van der Waals surface area contributed by atoms with E-state index in [0.717, 1.165) is 23.1 Å². The third kappa shape index (κ3) is 3.82.